The lowest BCUT2D eigenvalue weighted by Gasteiger charge is -2.13. The molecular formula is C74H80F2N34O2S. The van der Waals surface area contributed by atoms with Crippen LogP contribution in [0.5, 0.6) is 0 Å². The van der Waals surface area contributed by atoms with Crippen LogP contribution in [-0.4, -0.2) is 149 Å². The van der Waals surface area contributed by atoms with Crippen LogP contribution in [0.1, 0.15) is 71.1 Å². The van der Waals surface area contributed by atoms with Crippen LogP contribution in [0.25, 0.3) is 66.4 Å². The van der Waals surface area contributed by atoms with E-state index in [1.54, 1.807) is 81.7 Å². The number of hydrogen-bond acceptors (Lipinski definition) is 30. The predicted octanol–water partition coefficient (Wildman–Crippen LogP) is 8.95. The summed E-state index contributed by atoms with van der Waals surface area (Å²) in [6, 6.07) is 27.3. The summed E-state index contributed by atoms with van der Waals surface area (Å²) in [5.74, 6) is 0.667. The van der Waals surface area contributed by atoms with Gasteiger partial charge in [-0.25, -0.2) is 68.0 Å². The molecule has 0 atom stereocenters. The third-order valence-corrected chi connectivity index (χ3v) is 18.0. The van der Waals surface area contributed by atoms with Gasteiger partial charge in [0.05, 0.1) is 72.7 Å². The number of carbonyl (C=O) groups is 2. The van der Waals surface area contributed by atoms with Gasteiger partial charge in [0.1, 0.15) is 106 Å². The highest BCUT2D eigenvalue weighted by Gasteiger charge is 2.23. The number of nitrogen functional groups attached to an aromatic ring is 5. The third-order valence-electron chi connectivity index (χ3n) is 17.4. The Labute approximate surface area is 648 Å². The highest BCUT2D eigenvalue weighted by Crippen LogP contribution is 2.35. The molecule has 0 radical (unpaired) electrons. The predicted molar refractivity (Wildman–Crippen MR) is 439 cm³/mol. The first-order valence-corrected chi connectivity index (χ1v) is 34.9. The minimum absolute atomic E-state index is 0.0157. The summed E-state index contributed by atoms with van der Waals surface area (Å²) in [4.78, 5) is 63.1. The number of rotatable bonds is 15. The Bertz CT molecular complexity index is 6050. The Morgan fingerprint density at radius 3 is 1.36 bits per heavy atom. The minimum Gasteiger partial charge on any atom is -0.383 e. The van der Waals surface area contributed by atoms with Gasteiger partial charge in [-0.2, -0.15) is 20.4 Å². The number of aryl methyl sites for hydroxylation is 6. The van der Waals surface area contributed by atoms with Crippen LogP contribution in [0, 0.1) is 58.4 Å². The number of thioether (sulfide) groups is 1. The summed E-state index contributed by atoms with van der Waals surface area (Å²) in [7, 11) is 12.5. The van der Waals surface area contributed by atoms with E-state index in [0.29, 0.717) is 78.9 Å². The lowest BCUT2D eigenvalue weighted by Crippen LogP contribution is -2.19. The van der Waals surface area contributed by atoms with E-state index in [1.807, 2.05) is 67.8 Å². The molecule has 113 heavy (non-hydrogen) atoms. The molecule has 9 heterocycles. The van der Waals surface area contributed by atoms with Crippen molar-refractivity contribution in [1.82, 2.24) is 89.0 Å². The van der Waals surface area contributed by atoms with Gasteiger partial charge in [0.2, 0.25) is 11.8 Å². The first-order valence-electron chi connectivity index (χ1n) is 34.1. The number of halogens is 2. The van der Waals surface area contributed by atoms with Gasteiger partial charge in [-0.3, -0.25) is 46.0 Å². The summed E-state index contributed by atoms with van der Waals surface area (Å²) in [5, 5.41) is 75.1. The van der Waals surface area contributed by atoms with Crippen molar-refractivity contribution in [3.05, 3.63) is 191 Å². The average Bonchev–Trinajstić information content (AvgIpc) is 1.63. The maximum atomic E-state index is 14.2. The largest absolute Gasteiger partial charge is 0.383 e. The van der Waals surface area contributed by atoms with Crippen LogP contribution in [0.15, 0.2) is 129 Å². The molecule has 39 heteroatoms. The minimum atomic E-state index is -0.632. The van der Waals surface area contributed by atoms with Gasteiger partial charge in [0.15, 0.2) is 16.5 Å². The van der Waals surface area contributed by atoms with Crippen molar-refractivity contribution in [2.24, 2.45) is 39.8 Å². The molecule has 578 valence electrons. The number of amidine groups is 1. The molecular weight excluding hydrogens is 1470 g/mol. The lowest BCUT2D eigenvalue weighted by atomic mass is 10.0. The highest BCUT2D eigenvalue weighted by atomic mass is 32.2. The van der Waals surface area contributed by atoms with Gasteiger partial charge >= 0.3 is 0 Å². The van der Waals surface area contributed by atoms with E-state index in [-0.39, 0.29) is 79.7 Å². The van der Waals surface area contributed by atoms with E-state index < -0.39 is 11.6 Å². The maximum absolute atomic E-state index is 14.2. The van der Waals surface area contributed by atoms with Crippen LogP contribution in [0.4, 0.5) is 66.7 Å². The van der Waals surface area contributed by atoms with Gasteiger partial charge in [0, 0.05) is 112 Å². The molecule has 14 rings (SSSR count). The number of nitrogens with zero attached hydrogens (tertiary/aromatic N) is 18. The molecule has 0 aliphatic carbocycles. The van der Waals surface area contributed by atoms with Crippen molar-refractivity contribution < 1.29 is 18.4 Å². The first kappa shape index (κ1) is 80.6. The van der Waals surface area contributed by atoms with Gasteiger partial charge in [-0.05, 0) is 62.0 Å². The summed E-state index contributed by atoms with van der Waals surface area (Å²) in [5.41, 5.74) is 47.0. The molecule has 0 saturated carbocycles. The third kappa shape index (κ3) is 17.6. The number of hydrogen-bond donors (Lipinski definition) is 16. The van der Waals surface area contributed by atoms with Crippen molar-refractivity contribution >= 4 is 153 Å². The van der Waals surface area contributed by atoms with Crippen LogP contribution in [0.2, 0.25) is 0 Å². The van der Waals surface area contributed by atoms with Crippen LogP contribution in [0.3, 0.4) is 0 Å². The Morgan fingerprint density at radius 2 is 0.885 bits per heavy atom. The number of carbonyl (C=O) groups excluding carboxylic acids is 2. The number of nitrogens with one attached hydrogen (secondary N) is 10. The molecule has 36 nitrogen and oxygen atoms in total. The van der Waals surface area contributed by atoms with E-state index in [1.165, 1.54) is 68.9 Å². The van der Waals surface area contributed by atoms with E-state index in [2.05, 4.69) is 110 Å². The zero-order valence-electron chi connectivity index (χ0n) is 63.2. The topological polar surface area (TPSA) is 570 Å². The quantitative estimate of drug-likeness (QED) is 0.0336. The van der Waals surface area contributed by atoms with E-state index >= 15 is 0 Å². The molecule has 5 aromatic carbocycles. The van der Waals surface area contributed by atoms with Crippen molar-refractivity contribution in [2.75, 3.05) is 76.4 Å². The molecule has 0 spiro atoms. The summed E-state index contributed by atoms with van der Waals surface area (Å²) < 4.78 is 35.3. The van der Waals surface area contributed by atoms with E-state index in [0.717, 1.165) is 72.8 Å². The second-order valence-electron chi connectivity index (χ2n) is 25.2. The fourth-order valence-corrected chi connectivity index (χ4v) is 12.1. The van der Waals surface area contributed by atoms with Crippen molar-refractivity contribution in [3.8, 4) is 22.5 Å². The highest BCUT2D eigenvalue weighted by molar-refractivity contribution is 8.26. The molecule has 2 amide bonds. The van der Waals surface area contributed by atoms with Crippen LogP contribution in [-0.2, 0) is 37.8 Å². The molecule has 0 bridgehead atoms. The Balaban J connectivity index is 0.000000150. The van der Waals surface area contributed by atoms with Gasteiger partial charge in [-0.1, -0.05) is 74.5 Å². The summed E-state index contributed by atoms with van der Waals surface area (Å²) in [6.07, 6.45) is 6.80. The number of benzene rings is 5. The van der Waals surface area contributed by atoms with E-state index in [9.17, 15) is 18.4 Å². The molecule has 14 aromatic rings. The Kier molecular flexibility index (Phi) is 24.6. The summed E-state index contributed by atoms with van der Waals surface area (Å²) in [6.45, 7) is 8.77. The summed E-state index contributed by atoms with van der Waals surface area (Å²) >= 11 is 0.867. The number of aromatic nitrogens is 18. The number of amides is 2. The van der Waals surface area contributed by atoms with Gasteiger partial charge in [-0.15, -0.1) is 0 Å². The molecule has 0 aliphatic rings. The number of nitrogens with two attached hydrogens (primary N) is 6. The van der Waals surface area contributed by atoms with Crippen LogP contribution < -0.4 is 61.0 Å². The molecule has 22 N–H and O–H groups in total. The van der Waals surface area contributed by atoms with E-state index in [4.69, 9.17) is 61.4 Å². The molecule has 0 aliphatic heterocycles. The standard InChI is InChI=1S/C16H19FN6O.C15H15N7.C15H17N7.C14H13FN6O.C14H16N8S/c1-8(2)16(24)23-11-5-4-9(6-10(11)17)13(18)12-14(19)21-7-22-15(12)20-3;1-8-10-5-4-9(6-11(10)19-21(8)2)13-12-14(16)17-7-18-15(12)22(3)20-13;1-8-10-5-4-9(6-11(10)22(3)21-8)13(16)12-14(17)19-7-20-15(12)18-2;1-7(22)19-10-4-3-8(5-9(10)15)12-11-13(16)17-6-18-14(11)21(2)20-12;1-20-13-9(11(16)21-6-22-13)10(15)7-2-4-8(5-3-7)12(17)23-14(18)19/h4-8,18H,1-3H3,(H,23,24)(H3,19,20,21,22);4-7H,1-3H3,(H2,16,17,18);4-7,16H,1-3H3,(H3,17,18,19,20);3-6H,1-2H3,(H,19,22)(H2,16,17,18);2-6,15,17H,1H3,(H3,18,19)(H3,16,20,21,22). The molecule has 0 saturated heterocycles. The van der Waals surface area contributed by atoms with Crippen LogP contribution >= 0.6 is 11.8 Å². The Morgan fingerprint density at radius 1 is 0.469 bits per heavy atom. The zero-order valence-corrected chi connectivity index (χ0v) is 64.0. The van der Waals surface area contributed by atoms with Crippen molar-refractivity contribution in [1.29, 1.82) is 27.0 Å². The fourth-order valence-electron chi connectivity index (χ4n) is 11.6. The maximum Gasteiger partial charge on any atom is 0.227 e. The lowest BCUT2D eigenvalue weighted by molar-refractivity contribution is -0.119. The molecule has 0 unspecified atom stereocenters. The zero-order chi connectivity index (χ0) is 82.0. The van der Waals surface area contributed by atoms with Crippen molar-refractivity contribution in [3.63, 3.8) is 0 Å². The molecule has 0 fully saturated rings. The number of fused-ring (bicyclic) bond motifs is 4. The monoisotopic (exact) mass is 1550 g/mol. The smallest absolute Gasteiger partial charge is 0.227 e. The fraction of sp³-hybridized carbons (Fsp3) is 0.176. The first-order chi connectivity index (χ1) is 53.8. The van der Waals surface area contributed by atoms with Gasteiger partial charge in [0.25, 0.3) is 0 Å². The average molecular weight is 1550 g/mol. The normalized spacial score (nSPS) is 10.8. The molecule has 9 aromatic heterocycles. The second-order valence-corrected chi connectivity index (χ2v) is 26.2. The SMILES string of the molecule is CC(=O)Nc1ccc(-c2nn(C)c3ncnc(N)c23)cc1F.CNc1ncnc(N)c1C(=N)c1ccc(C(=N)SC(=N)N)cc1.CNc1ncnc(N)c1C(=N)c1ccc(NC(=O)C(C)C)c(F)c1.CNc1ncnc(N)c1C(=N)c1ccc2c(C)nn(C)c2c1.Cc1c2ccc(-c3nn(C)c4ncnc(N)c34)cc2nn1C. The second kappa shape index (κ2) is 34.5. The van der Waals surface area contributed by atoms with Crippen molar-refractivity contribution in [2.45, 2.75) is 34.6 Å². The van der Waals surface area contributed by atoms with Gasteiger partial charge < -0.3 is 61.0 Å². The number of anilines is 10. The Hall–Kier alpha value is -14.9.